The second-order valence-corrected chi connectivity index (χ2v) is 8.57. The lowest BCUT2D eigenvalue weighted by Crippen LogP contribution is -2.42. The van der Waals surface area contributed by atoms with Gasteiger partial charge in [0.15, 0.2) is 0 Å². The van der Waals surface area contributed by atoms with Crippen LogP contribution in [0.3, 0.4) is 0 Å². The molecule has 0 saturated heterocycles. The van der Waals surface area contributed by atoms with Crippen molar-refractivity contribution in [3.05, 3.63) is 78.1 Å². The summed E-state index contributed by atoms with van der Waals surface area (Å²) in [4.78, 5) is 7.80. The van der Waals surface area contributed by atoms with Crippen molar-refractivity contribution in [2.24, 2.45) is 0 Å². The summed E-state index contributed by atoms with van der Waals surface area (Å²) in [7, 11) is 0. The maximum atomic E-state index is 14.6. The Balaban J connectivity index is 1.88. The van der Waals surface area contributed by atoms with Crippen molar-refractivity contribution in [3.63, 3.8) is 0 Å². The average molecular weight is 420 g/mol. The molecule has 4 atom stereocenters. The van der Waals surface area contributed by atoms with E-state index >= 15 is 0 Å². The summed E-state index contributed by atoms with van der Waals surface area (Å²) in [6, 6.07) is 6.52. The molecule has 0 saturated carbocycles. The summed E-state index contributed by atoms with van der Waals surface area (Å²) in [6.07, 6.45) is 5.11. The molecule has 0 aliphatic rings. The Hall–Kier alpha value is -2.36. The van der Waals surface area contributed by atoms with Crippen molar-refractivity contribution in [1.82, 2.24) is 19.7 Å². The van der Waals surface area contributed by atoms with Gasteiger partial charge in [-0.25, -0.2) is 18.4 Å². The van der Waals surface area contributed by atoms with Gasteiger partial charge in [-0.15, -0.1) is 11.8 Å². The molecule has 2 N–H and O–H groups in total. The van der Waals surface area contributed by atoms with E-state index in [1.54, 1.807) is 31.5 Å². The quantitative estimate of drug-likeness (QED) is 0.583. The molecule has 1 aromatic carbocycles. The Morgan fingerprint density at radius 1 is 1.14 bits per heavy atom. The van der Waals surface area contributed by atoms with E-state index in [1.165, 1.54) is 35.2 Å². The number of rotatable bonds is 8. The zero-order valence-electron chi connectivity index (χ0n) is 16.0. The Kier molecular flexibility index (Phi) is 6.61. The van der Waals surface area contributed by atoms with Gasteiger partial charge in [0, 0.05) is 34.5 Å². The lowest BCUT2D eigenvalue weighted by atomic mass is 9.90. The van der Waals surface area contributed by atoms with Crippen molar-refractivity contribution < 1.29 is 19.0 Å². The largest absolute Gasteiger partial charge is 0.387 e. The first-order chi connectivity index (χ1) is 13.8. The summed E-state index contributed by atoms with van der Waals surface area (Å²) < 4.78 is 29.4. The highest BCUT2D eigenvalue weighted by atomic mass is 32.2. The fraction of sp³-hybridized carbons (Fsp3) is 0.350. The van der Waals surface area contributed by atoms with Crippen molar-refractivity contribution in [2.75, 3.05) is 0 Å². The van der Waals surface area contributed by atoms with Gasteiger partial charge in [0.25, 0.3) is 0 Å². The molecule has 0 radical (unpaired) electrons. The smallest absolute Gasteiger partial charge is 0.137 e. The minimum atomic E-state index is -1.72. The third kappa shape index (κ3) is 4.80. The van der Waals surface area contributed by atoms with Gasteiger partial charge in [-0.3, -0.25) is 4.98 Å². The lowest BCUT2D eigenvalue weighted by molar-refractivity contribution is 0.0129. The first-order valence-corrected chi connectivity index (χ1v) is 9.99. The summed E-state index contributed by atoms with van der Waals surface area (Å²) in [5.41, 5.74) is -1.07. The molecule has 0 fully saturated rings. The molecule has 2 heterocycles. The van der Waals surface area contributed by atoms with Gasteiger partial charge < -0.3 is 10.2 Å². The SMILES string of the molecule is CC(S[C@H](C)[C@](O)(Cn1cncn1)c1ccc(F)cc1F)C(O)c1ccncc1. The van der Waals surface area contributed by atoms with Crippen LogP contribution in [-0.4, -0.2) is 40.5 Å². The van der Waals surface area contributed by atoms with E-state index in [0.717, 1.165) is 12.1 Å². The number of halogens is 2. The summed E-state index contributed by atoms with van der Waals surface area (Å²) >= 11 is 1.30. The van der Waals surface area contributed by atoms with E-state index in [1.807, 2.05) is 6.92 Å². The highest BCUT2D eigenvalue weighted by Gasteiger charge is 2.41. The molecule has 2 unspecified atom stereocenters. The molecule has 29 heavy (non-hydrogen) atoms. The molecule has 0 spiro atoms. The summed E-state index contributed by atoms with van der Waals surface area (Å²) in [5, 5.41) is 25.3. The predicted molar refractivity (Wildman–Crippen MR) is 106 cm³/mol. The van der Waals surface area contributed by atoms with Gasteiger partial charge in [-0.1, -0.05) is 19.9 Å². The van der Waals surface area contributed by atoms with Crippen LogP contribution in [0, 0.1) is 11.6 Å². The monoisotopic (exact) mass is 420 g/mol. The van der Waals surface area contributed by atoms with E-state index in [-0.39, 0.29) is 17.4 Å². The zero-order chi connectivity index (χ0) is 21.0. The molecular weight excluding hydrogens is 398 g/mol. The van der Waals surface area contributed by atoms with E-state index < -0.39 is 28.6 Å². The van der Waals surface area contributed by atoms with E-state index in [0.29, 0.717) is 5.56 Å². The van der Waals surface area contributed by atoms with Crippen molar-refractivity contribution in [2.45, 2.75) is 42.6 Å². The van der Waals surface area contributed by atoms with Gasteiger partial charge >= 0.3 is 0 Å². The van der Waals surface area contributed by atoms with Gasteiger partial charge in [-0.2, -0.15) is 5.10 Å². The maximum absolute atomic E-state index is 14.6. The van der Waals surface area contributed by atoms with E-state index in [2.05, 4.69) is 15.1 Å². The molecule has 0 aliphatic heterocycles. The normalized spacial score (nSPS) is 16.8. The van der Waals surface area contributed by atoms with Gasteiger partial charge in [0.05, 0.1) is 12.6 Å². The number of aliphatic hydroxyl groups is 2. The van der Waals surface area contributed by atoms with Crippen LogP contribution in [0.1, 0.15) is 31.1 Å². The molecule has 3 rings (SSSR count). The first kappa shape index (κ1) is 21.4. The number of pyridine rings is 1. The fourth-order valence-corrected chi connectivity index (χ4v) is 4.55. The number of hydrogen-bond donors (Lipinski definition) is 2. The van der Waals surface area contributed by atoms with Crippen LogP contribution in [0.4, 0.5) is 8.78 Å². The van der Waals surface area contributed by atoms with E-state index in [4.69, 9.17) is 0 Å². The number of benzene rings is 1. The molecule has 0 bridgehead atoms. The minimum absolute atomic E-state index is 0.0417. The number of nitrogens with zero attached hydrogens (tertiary/aromatic N) is 4. The van der Waals surface area contributed by atoms with Crippen molar-refractivity contribution >= 4 is 11.8 Å². The average Bonchev–Trinajstić information content (AvgIpc) is 3.20. The van der Waals surface area contributed by atoms with E-state index in [9.17, 15) is 19.0 Å². The number of thioether (sulfide) groups is 1. The first-order valence-electron chi connectivity index (χ1n) is 9.05. The Morgan fingerprint density at radius 3 is 2.48 bits per heavy atom. The molecule has 0 amide bonds. The minimum Gasteiger partial charge on any atom is -0.387 e. The van der Waals surface area contributed by atoms with Crippen LogP contribution >= 0.6 is 11.8 Å². The molecule has 2 aromatic heterocycles. The molecular formula is C20H22F2N4O2S. The van der Waals surface area contributed by atoms with Gasteiger partial charge in [0.1, 0.15) is 29.9 Å². The Morgan fingerprint density at radius 2 is 1.86 bits per heavy atom. The number of aliphatic hydroxyl groups excluding tert-OH is 1. The second-order valence-electron chi connectivity index (χ2n) is 6.85. The van der Waals surface area contributed by atoms with Crippen molar-refractivity contribution in [3.8, 4) is 0 Å². The van der Waals surface area contributed by atoms with Crippen LogP contribution in [0.5, 0.6) is 0 Å². The Labute approximate surface area is 171 Å². The standard InChI is InChI=1S/C20H22F2N4O2S/c1-13(19(27)15-5-7-23-8-6-15)29-14(2)20(28,10-26-12-24-11-25-26)17-4-3-16(21)9-18(17)22/h3-9,11-14,19,27-28H,10H2,1-2H3/t13?,14-,19?,20-/m1/s1. The molecule has 6 nitrogen and oxygen atoms in total. The molecule has 154 valence electrons. The topological polar surface area (TPSA) is 84.1 Å². The highest BCUT2D eigenvalue weighted by molar-refractivity contribution is 8.00. The highest BCUT2D eigenvalue weighted by Crippen LogP contribution is 2.40. The second kappa shape index (κ2) is 8.98. The molecule has 9 heteroatoms. The zero-order valence-corrected chi connectivity index (χ0v) is 16.8. The number of hydrogen-bond acceptors (Lipinski definition) is 6. The molecule has 3 aromatic rings. The third-order valence-electron chi connectivity index (χ3n) is 4.85. The van der Waals surface area contributed by atoms with Crippen LogP contribution < -0.4 is 0 Å². The molecule has 0 aliphatic carbocycles. The third-order valence-corrected chi connectivity index (χ3v) is 6.34. The summed E-state index contributed by atoms with van der Waals surface area (Å²) in [5.74, 6) is -1.57. The fourth-order valence-electron chi connectivity index (χ4n) is 3.18. The van der Waals surface area contributed by atoms with Crippen LogP contribution in [0.2, 0.25) is 0 Å². The van der Waals surface area contributed by atoms with Gasteiger partial charge in [0.2, 0.25) is 0 Å². The predicted octanol–water partition coefficient (Wildman–Crippen LogP) is 3.08. The summed E-state index contributed by atoms with van der Waals surface area (Å²) in [6.45, 7) is 3.48. The van der Waals surface area contributed by atoms with Crippen LogP contribution in [-0.2, 0) is 12.1 Å². The van der Waals surface area contributed by atoms with Crippen molar-refractivity contribution in [1.29, 1.82) is 0 Å². The van der Waals surface area contributed by atoms with Crippen LogP contribution in [0.15, 0.2) is 55.4 Å². The number of aromatic nitrogens is 4. The van der Waals surface area contributed by atoms with Gasteiger partial charge in [-0.05, 0) is 23.8 Å². The maximum Gasteiger partial charge on any atom is 0.137 e. The Bertz CT molecular complexity index is 929. The van der Waals surface area contributed by atoms with Crippen LogP contribution in [0.25, 0.3) is 0 Å². The lowest BCUT2D eigenvalue weighted by Gasteiger charge is -2.36.